The molecule has 1 rings (SSSR count). The zero-order valence-electron chi connectivity index (χ0n) is 10.0. The van der Waals surface area contributed by atoms with E-state index < -0.39 is 0 Å². The van der Waals surface area contributed by atoms with Crippen molar-refractivity contribution in [3.63, 3.8) is 0 Å². The Morgan fingerprint density at radius 1 is 1.38 bits per heavy atom. The molecule has 0 saturated carbocycles. The van der Waals surface area contributed by atoms with E-state index in [0.717, 1.165) is 25.7 Å². The second kappa shape index (κ2) is 7.98. The van der Waals surface area contributed by atoms with Gasteiger partial charge in [-0.25, -0.2) is 0 Å². The number of nitrogens with zero attached hydrogens (tertiary/aromatic N) is 1. The molecule has 0 aromatic heterocycles. The van der Waals surface area contributed by atoms with Crippen LogP contribution in [0.25, 0.3) is 0 Å². The summed E-state index contributed by atoms with van der Waals surface area (Å²) in [4.78, 5) is 3.20. The molecule has 1 unspecified atom stereocenters. The molecule has 0 aromatic rings. The van der Waals surface area contributed by atoms with Gasteiger partial charge in [0.05, 0.1) is 4.99 Å². The molecule has 0 spiro atoms. The molecular formula is C12H24N2OS. The molecule has 94 valence electrons. The number of aliphatic hydroxyl groups excluding tert-OH is 1. The van der Waals surface area contributed by atoms with E-state index in [1.165, 1.54) is 32.4 Å². The predicted molar refractivity (Wildman–Crippen MR) is 71.6 cm³/mol. The quantitative estimate of drug-likeness (QED) is 0.504. The van der Waals surface area contributed by atoms with Gasteiger partial charge in [-0.15, -0.1) is 0 Å². The average molecular weight is 244 g/mol. The Kier molecular flexibility index (Phi) is 6.92. The third-order valence-electron chi connectivity index (χ3n) is 3.31. The smallest absolute Gasteiger partial charge is 0.0727 e. The number of unbranched alkanes of at least 4 members (excludes halogenated alkanes) is 1. The highest BCUT2D eigenvalue weighted by Crippen LogP contribution is 2.21. The number of hydrogen-bond donors (Lipinski definition) is 2. The van der Waals surface area contributed by atoms with Gasteiger partial charge in [0, 0.05) is 12.6 Å². The largest absolute Gasteiger partial charge is 0.396 e. The normalized spacial score (nSPS) is 21.4. The minimum absolute atomic E-state index is 0.325. The highest BCUT2D eigenvalue weighted by atomic mass is 32.1. The van der Waals surface area contributed by atoms with Gasteiger partial charge in [-0.3, -0.25) is 0 Å². The molecule has 0 aliphatic carbocycles. The van der Waals surface area contributed by atoms with Gasteiger partial charge in [0.15, 0.2) is 0 Å². The van der Waals surface area contributed by atoms with Crippen LogP contribution in [-0.4, -0.2) is 40.7 Å². The topological polar surface area (TPSA) is 49.5 Å². The summed E-state index contributed by atoms with van der Waals surface area (Å²) in [6.07, 6.45) is 7.87. The summed E-state index contributed by atoms with van der Waals surface area (Å²) >= 11 is 4.86. The molecular weight excluding hydrogens is 220 g/mol. The maximum atomic E-state index is 8.84. The highest BCUT2D eigenvalue weighted by Gasteiger charge is 2.22. The fourth-order valence-electron chi connectivity index (χ4n) is 2.46. The van der Waals surface area contributed by atoms with Crippen LogP contribution in [0.2, 0.25) is 0 Å². The average Bonchev–Trinajstić information content (AvgIpc) is 2.69. The van der Waals surface area contributed by atoms with Crippen LogP contribution in [0.3, 0.4) is 0 Å². The van der Waals surface area contributed by atoms with Crippen LogP contribution in [-0.2, 0) is 0 Å². The summed E-state index contributed by atoms with van der Waals surface area (Å²) in [6, 6.07) is 0.706. The number of rotatable bonds is 8. The van der Waals surface area contributed by atoms with Crippen molar-refractivity contribution in [1.82, 2.24) is 4.90 Å². The van der Waals surface area contributed by atoms with Crippen LogP contribution in [0.4, 0.5) is 0 Å². The molecule has 16 heavy (non-hydrogen) atoms. The monoisotopic (exact) mass is 244 g/mol. The molecule has 3 N–H and O–H groups in total. The SMILES string of the molecule is NC(=S)CCCCN1CCCC1CCCO. The van der Waals surface area contributed by atoms with Crippen molar-refractivity contribution in [3.8, 4) is 0 Å². The molecule has 1 saturated heterocycles. The zero-order valence-corrected chi connectivity index (χ0v) is 10.8. The first kappa shape index (κ1) is 13.9. The van der Waals surface area contributed by atoms with Crippen molar-refractivity contribution in [2.75, 3.05) is 19.7 Å². The van der Waals surface area contributed by atoms with Gasteiger partial charge in [0.2, 0.25) is 0 Å². The molecule has 1 fully saturated rings. The first-order chi connectivity index (χ1) is 7.74. The van der Waals surface area contributed by atoms with E-state index in [-0.39, 0.29) is 0 Å². The second-order valence-electron chi connectivity index (χ2n) is 4.62. The van der Waals surface area contributed by atoms with Gasteiger partial charge in [0.25, 0.3) is 0 Å². The van der Waals surface area contributed by atoms with Gasteiger partial charge in [0.1, 0.15) is 0 Å². The van der Waals surface area contributed by atoms with Crippen molar-refractivity contribution in [1.29, 1.82) is 0 Å². The first-order valence-electron chi connectivity index (χ1n) is 6.37. The number of hydrogen-bond acceptors (Lipinski definition) is 3. The Morgan fingerprint density at radius 3 is 2.88 bits per heavy atom. The Hall–Kier alpha value is -0.190. The lowest BCUT2D eigenvalue weighted by atomic mass is 10.1. The van der Waals surface area contributed by atoms with Crippen molar-refractivity contribution in [2.24, 2.45) is 5.73 Å². The minimum atomic E-state index is 0.325. The highest BCUT2D eigenvalue weighted by molar-refractivity contribution is 7.80. The minimum Gasteiger partial charge on any atom is -0.396 e. The van der Waals surface area contributed by atoms with Gasteiger partial charge in [-0.05, 0) is 58.0 Å². The van der Waals surface area contributed by atoms with Crippen LogP contribution in [0.15, 0.2) is 0 Å². The molecule has 1 aliphatic heterocycles. The van der Waals surface area contributed by atoms with Crippen molar-refractivity contribution in [2.45, 2.75) is 51.0 Å². The number of likely N-dealkylation sites (tertiary alicyclic amines) is 1. The summed E-state index contributed by atoms with van der Waals surface area (Å²) in [5.74, 6) is 0. The van der Waals surface area contributed by atoms with Crippen molar-refractivity contribution >= 4 is 17.2 Å². The van der Waals surface area contributed by atoms with E-state index in [1.807, 2.05) is 0 Å². The van der Waals surface area contributed by atoms with Crippen LogP contribution in [0.1, 0.15) is 44.9 Å². The Labute approximate surface area is 104 Å². The van der Waals surface area contributed by atoms with Crippen molar-refractivity contribution < 1.29 is 5.11 Å². The lowest BCUT2D eigenvalue weighted by molar-refractivity contribution is 0.213. The Morgan fingerprint density at radius 2 is 2.19 bits per heavy atom. The molecule has 1 aliphatic rings. The lowest BCUT2D eigenvalue weighted by Gasteiger charge is -2.24. The first-order valence-corrected chi connectivity index (χ1v) is 6.78. The van der Waals surface area contributed by atoms with E-state index in [2.05, 4.69) is 4.90 Å². The van der Waals surface area contributed by atoms with Crippen LogP contribution < -0.4 is 5.73 Å². The number of thiocarbonyl (C=S) groups is 1. The molecule has 0 radical (unpaired) electrons. The number of nitrogens with two attached hydrogens (primary N) is 1. The Balaban J connectivity index is 2.12. The third kappa shape index (κ3) is 5.23. The standard InChI is InChI=1S/C12H24N2OS/c13-12(16)7-1-2-8-14-9-3-5-11(14)6-4-10-15/h11,15H,1-10H2,(H2,13,16). The van der Waals surface area contributed by atoms with Gasteiger partial charge in [-0.1, -0.05) is 12.2 Å². The summed E-state index contributed by atoms with van der Waals surface area (Å²) in [7, 11) is 0. The molecule has 1 heterocycles. The third-order valence-corrected chi connectivity index (χ3v) is 3.52. The lowest BCUT2D eigenvalue weighted by Crippen LogP contribution is -2.30. The molecule has 4 heteroatoms. The summed E-state index contributed by atoms with van der Waals surface area (Å²) < 4.78 is 0. The van der Waals surface area contributed by atoms with E-state index in [0.29, 0.717) is 17.6 Å². The van der Waals surface area contributed by atoms with Crippen LogP contribution >= 0.6 is 12.2 Å². The fourth-order valence-corrected chi connectivity index (χ4v) is 2.60. The molecule has 0 bridgehead atoms. The van der Waals surface area contributed by atoms with E-state index >= 15 is 0 Å². The van der Waals surface area contributed by atoms with Crippen LogP contribution in [0, 0.1) is 0 Å². The summed E-state index contributed by atoms with van der Waals surface area (Å²) in [5, 5.41) is 8.84. The Bertz CT molecular complexity index is 211. The van der Waals surface area contributed by atoms with Gasteiger partial charge >= 0.3 is 0 Å². The zero-order chi connectivity index (χ0) is 11.8. The summed E-state index contributed by atoms with van der Waals surface area (Å²) in [5.41, 5.74) is 5.47. The van der Waals surface area contributed by atoms with E-state index in [9.17, 15) is 0 Å². The molecule has 3 nitrogen and oxygen atoms in total. The maximum Gasteiger partial charge on any atom is 0.0727 e. The molecule has 1 atom stereocenters. The van der Waals surface area contributed by atoms with E-state index in [1.54, 1.807) is 0 Å². The molecule has 0 aromatic carbocycles. The van der Waals surface area contributed by atoms with Crippen molar-refractivity contribution in [3.05, 3.63) is 0 Å². The van der Waals surface area contributed by atoms with E-state index in [4.69, 9.17) is 23.1 Å². The number of aliphatic hydroxyl groups is 1. The van der Waals surface area contributed by atoms with Gasteiger partial charge < -0.3 is 15.7 Å². The predicted octanol–water partition coefficient (Wildman–Crippen LogP) is 1.68. The summed E-state index contributed by atoms with van der Waals surface area (Å²) in [6.45, 7) is 2.72. The maximum absolute atomic E-state index is 8.84. The molecule has 0 amide bonds. The van der Waals surface area contributed by atoms with Crippen LogP contribution in [0.5, 0.6) is 0 Å². The fraction of sp³-hybridized carbons (Fsp3) is 0.917. The van der Waals surface area contributed by atoms with Gasteiger partial charge in [-0.2, -0.15) is 0 Å². The second-order valence-corrected chi connectivity index (χ2v) is 5.15.